The molecule has 0 aliphatic carbocycles. The molecule has 0 amide bonds. The zero-order valence-electron chi connectivity index (χ0n) is 10.2. The molecule has 0 radical (unpaired) electrons. The number of anilines is 1. The second-order valence-corrected chi connectivity index (χ2v) is 5.99. The van der Waals surface area contributed by atoms with Gasteiger partial charge in [-0.2, -0.15) is 0 Å². The summed E-state index contributed by atoms with van der Waals surface area (Å²) < 4.78 is 39.6. The van der Waals surface area contributed by atoms with Crippen LogP contribution in [-0.4, -0.2) is 24.5 Å². The van der Waals surface area contributed by atoms with Gasteiger partial charge < -0.3 is 5.11 Å². The van der Waals surface area contributed by atoms with Crippen molar-refractivity contribution in [3.8, 4) is 0 Å². The van der Waals surface area contributed by atoms with Gasteiger partial charge >= 0.3 is 5.97 Å². The summed E-state index contributed by atoms with van der Waals surface area (Å²) >= 11 is 5.55. The third-order valence-electron chi connectivity index (χ3n) is 2.47. The topological polar surface area (TPSA) is 96.4 Å². The zero-order valence-corrected chi connectivity index (χ0v) is 11.8. The van der Waals surface area contributed by atoms with Gasteiger partial charge in [-0.3, -0.25) is 4.72 Å². The van der Waals surface area contributed by atoms with E-state index < -0.39 is 27.5 Å². The highest BCUT2D eigenvalue weighted by atomic mass is 35.5. The Balaban J connectivity index is 2.38. The molecule has 2 rings (SSSR count). The Kier molecular flexibility index (Phi) is 4.10. The fraction of sp³-hybridized carbons (Fsp3) is 0. The maximum Gasteiger partial charge on any atom is 0.335 e. The second-order valence-electron chi connectivity index (χ2n) is 3.92. The van der Waals surface area contributed by atoms with Crippen LogP contribution in [0.2, 0.25) is 5.15 Å². The molecule has 21 heavy (non-hydrogen) atoms. The third-order valence-corrected chi connectivity index (χ3v) is 4.04. The molecule has 2 N–H and O–H groups in total. The standard InChI is InChI=1S/C12H8ClFN2O4S/c13-11-4-2-8(6-15-11)21(19,20)16-10-5-7(12(17)18)1-3-9(10)14/h1-6,16H,(H,17,18). The van der Waals surface area contributed by atoms with E-state index in [0.717, 1.165) is 24.4 Å². The quantitative estimate of drug-likeness (QED) is 0.839. The average molecular weight is 331 g/mol. The SMILES string of the molecule is O=C(O)c1ccc(F)c(NS(=O)(=O)c2ccc(Cl)nc2)c1. The minimum absolute atomic E-state index is 0.105. The smallest absolute Gasteiger partial charge is 0.335 e. The van der Waals surface area contributed by atoms with E-state index >= 15 is 0 Å². The van der Waals surface area contributed by atoms with Gasteiger partial charge in [-0.05, 0) is 30.3 Å². The molecule has 1 aromatic carbocycles. The van der Waals surface area contributed by atoms with E-state index in [1.54, 1.807) is 0 Å². The molecule has 0 aliphatic heterocycles. The summed E-state index contributed by atoms with van der Waals surface area (Å²) in [6.45, 7) is 0. The number of pyridine rings is 1. The molecule has 2 aromatic rings. The number of carbonyl (C=O) groups is 1. The number of halogens is 2. The predicted molar refractivity (Wildman–Crippen MR) is 73.4 cm³/mol. The first-order valence-corrected chi connectivity index (χ1v) is 7.33. The van der Waals surface area contributed by atoms with Gasteiger partial charge in [0, 0.05) is 6.20 Å². The molecule has 0 saturated heterocycles. The first kappa shape index (κ1) is 15.2. The first-order chi connectivity index (χ1) is 9.79. The zero-order chi connectivity index (χ0) is 15.6. The molecule has 6 nitrogen and oxygen atoms in total. The number of benzene rings is 1. The summed E-state index contributed by atoms with van der Waals surface area (Å²) in [4.78, 5) is 14.2. The molecule has 0 saturated carbocycles. The van der Waals surface area contributed by atoms with Crippen molar-refractivity contribution in [3.63, 3.8) is 0 Å². The van der Waals surface area contributed by atoms with Crippen LogP contribution in [0.4, 0.5) is 10.1 Å². The lowest BCUT2D eigenvalue weighted by Gasteiger charge is -2.09. The van der Waals surface area contributed by atoms with Crippen molar-refractivity contribution < 1.29 is 22.7 Å². The molecular weight excluding hydrogens is 323 g/mol. The van der Waals surface area contributed by atoms with Crippen LogP contribution in [0, 0.1) is 5.82 Å². The number of aromatic carboxylic acids is 1. The lowest BCUT2D eigenvalue weighted by Crippen LogP contribution is -2.14. The van der Waals surface area contributed by atoms with E-state index in [-0.39, 0.29) is 15.6 Å². The van der Waals surface area contributed by atoms with Gasteiger partial charge in [-0.1, -0.05) is 11.6 Å². The van der Waals surface area contributed by atoms with Crippen molar-refractivity contribution >= 4 is 33.3 Å². The number of aromatic nitrogens is 1. The fourth-order valence-electron chi connectivity index (χ4n) is 1.46. The molecule has 110 valence electrons. The highest BCUT2D eigenvalue weighted by Crippen LogP contribution is 2.21. The van der Waals surface area contributed by atoms with E-state index in [1.807, 2.05) is 4.72 Å². The number of hydrogen-bond acceptors (Lipinski definition) is 4. The van der Waals surface area contributed by atoms with Gasteiger partial charge in [-0.25, -0.2) is 22.6 Å². The number of hydrogen-bond donors (Lipinski definition) is 2. The maximum atomic E-state index is 13.6. The van der Waals surface area contributed by atoms with E-state index in [4.69, 9.17) is 16.7 Å². The fourth-order valence-corrected chi connectivity index (χ4v) is 2.58. The van der Waals surface area contributed by atoms with E-state index in [1.165, 1.54) is 12.1 Å². The first-order valence-electron chi connectivity index (χ1n) is 5.47. The molecule has 1 heterocycles. The minimum Gasteiger partial charge on any atom is -0.478 e. The number of rotatable bonds is 4. The predicted octanol–water partition coefficient (Wildman–Crippen LogP) is 2.37. The van der Waals surface area contributed by atoms with Crippen LogP contribution < -0.4 is 4.72 Å². The van der Waals surface area contributed by atoms with Gasteiger partial charge in [-0.15, -0.1) is 0 Å². The van der Waals surface area contributed by atoms with Crippen LogP contribution in [-0.2, 0) is 10.0 Å². The molecule has 0 spiro atoms. The summed E-state index contributed by atoms with van der Waals surface area (Å²) in [7, 11) is -4.10. The Hall–Kier alpha value is -2.19. The Morgan fingerprint density at radius 2 is 2.00 bits per heavy atom. The van der Waals surface area contributed by atoms with E-state index in [0.29, 0.717) is 0 Å². The summed E-state index contributed by atoms with van der Waals surface area (Å²) in [5.74, 6) is -2.20. The Labute approximate surface area is 124 Å². The van der Waals surface area contributed by atoms with Gasteiger partial charge in [0.1, 0.15) is 15.9 Å². The van der Waals surface area contributed by atoms with Crippen LogP contribution in [0.1, 0.15) is 10.4 Å². The molecule has 0 aliphatic rings. The lowest BCUT2D eigenvalue weighted by atomic mass is 10.2. The number of nitrogens with zero attached hydrogens (tertiary/aromatic N) is 1. The highest BCUT2D eigenvalue weighted by Gasteiger charge is 2.18. The van der Waals surface area contributed by atoms with Gasteiger partial charge in [0.25, 0.3) is 10.0 Å². The molecular formula is C12H8ClFN2O4S. The van der Waals surface area contributed by atoms with Crippen LogP contribution in [0.3, 0.4) is 0 Å². The van der Waals surface area contributed by atoms with Crippen LogP contribution in [0.5, 0.6) is 0 Å². The highest BCUT2D eigenvalue weighted by molar-refractivity contribution is 7.92. The lowest BCUT2D eigenvalue weighted by molar-refractivity contribution is 0.0697. The summed E-state index contributed by atoms with van der Waals surface area (Å²) in [6.07, 6.45) is 1.00. The van der Waals surface area contributed by atoms with Crippen LogP contribution in [0.25, 0.3) is 0 Å². The van der Waals surface area contributed by atoms with E-state index in [9.17, 15) is 17.6 Å². The van der Waals surface area contributed by atoms with Gasteiger partial charge in [0.05, 0.1) is 11.3 Å². The van der Waals surface area contributed by atoms with E-state index in [2.05, 4.69) is 4.98 Å². The van der Waals surface area contributed by atoms with Crippen molar-refractivity contribution in [3.05, 3.63) is 53.1 Å². The Morgan fingerprint density at radius 1 is 1.29 bits per heavy atom. The van der Waals surface area contributed by atoms with Crippen molar-refractivity contribution in [1.29, 1.82) is 0 Å². The Morgan fingerprint density at radius 3 is 2.57 bits per heavy atom. The number of carboxylic acid groups (broad SMARTS) is 1. The third kappa shape index (κ3) is 3.47. The molecule has 0 fully saturated rings. The maximum absolute atomic E-state index is 13.6. The van der Waals surface area contributed by atoms with Crippen molar-refractivity contribution in [2.24, 2.45) is 0 Å². The summed E-state index contributed by atoms with van der Waals surface area (Å²) in [6, 6.07) is 5.23. The van der Waals surface area contributed by atoms with Crippen molar-refractivity contribution in [2.45, 2.75) is 4.90 Å². The second kappa shape index (κ2) is 5.66. The number of sulfonamides is 1. The van der Waals surface area contributed by atoms with Crippen LogP contribution >= 0.6 is 11.6 Å². The van der Waals surface area contributed by atoms with Crippen molar-refractivity contribution in [2.75, 3.05) is 4.72 Å². The van der Waals surface area contributed by atoms with Gasteiger partial charge in [0.2, 0.25) is 0 Å². The largest absolute Gasteiger partial charge is 0.478 e. The van der Waals surface area contributed by atoms with Gasteiger partial charge in [0.15, 0.2) is 0 Å². The molecule has 0 bridgehead atoms. The molecule has 9 heteroatoms. The summed E-state index contributed by atoms with van der Waals surface area (Å²) in [5.41, 5.74) is -0.715. The minimum atomic E-state index is -4.10. The van der Waals surface area contributed by atoms with Crippen molar-refractivity contribution in [1.82, 2.24) is 4.98 Å². The number of carboxylic acids is 1. The monoisotopic (exact) mass is 330 g/mol. The summed E-state index contributed by atoms with van der Waals surface area (Å²) in [5, 5.41) is 8.93. The number of nitrogens with one attached hydrogen (secondary N) is 1. The normalized spacial score (nSPS) is 11.1. The Bertz CT molecular complexity index is 793. The molecule has 0 unspecified atom stereocenters. The molecule has 0 atom stereocenters. The van der Waals surface area contributed by atoms with Crippen LogP contribution in [0.15, 0.2) is 41.4 Å². The average Bonchev–Trinajstić information content (AvgIpc) is 2.41. The molecule has 1 aromatic heterocycles.